The minimum absolute atomic E-state index is 0.341. The summed E-state index contributed by atoms with van der Waals surface area (Å²) in [6.07, 6.45) is 0. The molecule has 98 valence electrons. The van der Waals surface area contributed by atoms with Crippen LogP contribution < -0.4 is 10.5 Å². The molecular formula is C15H14BrNOS. The summed E-state index contributed by atoms with van der Waals surface area (Å²) in [5, 5.41) is 0. The number of benzene rings is 2. The molecule has 0 saturated carbocycles. The van der Waals surface area contributed by atoms with Crippen molar-refractivity contribution in [2.24, 2.45) is 5.73 Å². The number of rotatable bonds is 3. The van der Waals surface area contributed by atoms with E-state index in [1.165, 1.54) is 0 Å². The maximum Gasteiger partial charge on any atom is 0.140 e. The highest BCUT2D eigenvalue weighted by Gasteiger charge is 2.11. The first-order valence-corrected chi connectivity index (χ1v) is 7.02. The Morgan fingerprint density at radius 1 is 1.16 bits per heavy atom. The van der Waals surface area contributed by atoms with Crippen LogP contribution in [-0.2, 0) is 0 Å². The predicted molar refractivity (Wildman–Crippen MR) is 86.0 cm³/mol. The van der Waals surface area contributed by atoms with Gasteiger partial charge >= 0.3 is 0 Å². The molecule has 0 saturated heterocycles. The van der Waals surface area contributed by atoms with E-state index >= 15 is 0 Å². The quantitative estimate of drug-likeness (QED) is 0.839. The third-order valence-electron chi connectivity index (χ3n) is 2.83. The van der Waals surface area contributed by atoms with Crippen LogP contribution >= 0.6 is 28.1 Å². The second-order valence-electron chi connectivity index (χ2n) is 4.33. The van der Waals surface area contributed by atoms with E-state index in [1.54, 1.807) is 0 Å². The van der Waals surface area contributed by atoms with Gasteiger partial charge in [0.15, 0.2) is 0 Å². The van der Waals surface area contributed by atoms with E-state index in [2.05, 4.69) is 15.9 Å². The molecule has 0 heterocycles. The van der Waals surface area contributed by atoms with Crippen LogP contribution in [0.1, 0.15) is 16.7 Å². The molecule has 2 aromatic carbocycles. The first-order chi connectivity index (χ1) is 8.99. The summed E-state index contributed by atoms with van der Waals surface area (Å²) in [4.78, 5) is 0.341. The van der Waals surface area contributed by atoms with Gasteiger partial charge in [0.05, 0.1) is 5.56 Å². The Bertz CT molecular complexity index is 640. The van der Waals surface area contributed by atoms with Crippen molar-refractivity contribution in [3.8, 4) is 11.5 Å². The second-order valence-corrected chi connectivity index (χ2v) is 5.68. The van der Waals surface area contributed by atoms with Gasteiger partial charge in [-0.3, -0.25) is 0 Å². The summed E-state index contributed by atoms with van der Waals surface area (Å²) in [6.45, 7) is 3.98. The number of aryl methyl sites for hydroxylation is 2. The zero-order valence-electron chi connectivity index (χ0n) is 10.7. The Kier molecular flexibility index (Phi) is 4.22. The molecule has 2 rings (SSSR count). The van der Waals surface area contributed by atoms with Crippen molar-refractivity contribution in [3.63, 3.8) is 0 Å². The van der Waals surface area contributed by atoms with E-state index in [1.807, 2.05) is 50.2 Å². The number of ether oxygens (including phenoxy) is 1. The molecule has 0 aliphatic carbocycles. The molecule has 19 heavy (non-hydrogen) atoms. The maximum atomic E-state index is 6.00. The van der Waals surface area contributed by atoms with Gasteiger partial charge in [0.2, 0.25) is 0 Å². The van der Waals surface area contributed by atoms with Gasteiger partial charge in [-0.25, -0.2) is 0 Å². The molecule has 0 aliphatic rings. The second kappa shape index (κ2) is 5.72. The Morgan fingerprint density at radius 2 is 1.89 bits per heavy atom. The van der Waals surface area contributed by atoms with E-state index in [0.717, 1.165) is 32.7 Å². The molecule has 0 atom stereocenters. The van der Waals surface area contributed by atoms with Crippen LogP contribution in [0.3, 0.4) is 0 Å². The molecule has 0 unspecified atom stereocenters. The minimum Gasteiger partial charge on any atom is -0.456 e. The van der Waals surface area contributed by atoms with Gasteiger partial charge < -0.3 is 10.5 Å². The summed E-state index contributed by atoms with van der Waals surface area (Å²) in [7, 11) is 0. The lowest BCUT2D eigenvalue weighted by Crippen LogP contribution is -2.11. The number of thiocarbonyl (C=S) groups is 1. The Morgan fingerprint density at radius 3 is 2.53 bits per heavy atom. The summed E-state index contributed by atoms with van der Waals surface area (Å²) < 4.78 is 7.02. The predicted octanol–water partition coefficient (Wildman–Crippen LogP) is 4.49. The molecule has 2 aromatic rings. The summed E-state index contributed by atoms with van der Waals surface area (Å²) in [5.74, 6) is 1.52. The van der Waals surface area contributed by atoms with Crippen molar-refractivity contribution in [2.45, 2.75) is 13.8 Å². The molecule has 0 aromatic heterocycles. The zero-order valence-corrected chi connectivity index (χ0v) is 13.1. The largest absolute Gasteiger partial charge is 0.456 e. The zero-order chi connectivity index (χ0) is 14.0. The third kappa shape index (κ3) is 3.14. The van der Waals surface area contributed by atoms with Crippen molar-refractivity contribution in [3.05, 3.63) is 57.6 Å². The van der Waals surface area contributed by atoms with E-state index in [0.29, 0.717) is 4.99 Å². The van der Waals surface area contributed by atoms with Crippen molar-refractivity contribution < 1.29 is 4.74 Å². The Hall–Kier alpha value is -1.39. The molecule has 2 N–H and O–H groups in total. The monoisotopic (exact) mass is 335 g/mol. The van der Waals surface area contributed by atoms with E-state index < -0.39 is 0 Å². The SMILES string of the molecule is Cc1cc(Br)ccc1Oc1c(C)cccc1C(N)=S. The van der Waals surface area contributed by atoms with Crippen LogP contribution in [0.2, 0.25) is 0 Å². The van der Waals surface area contributed by atoms with Gasteiger partial charge in [-0.2, -0.15) is 0 Å². The molecule has 0 spiro atoms. The van der Waals surface area contributed by atoms with Crippen LogP contribution in [0.25, 0.3) is 0 Å². The van der Waals surface area contributed by atoms with Gasteiger partial charge in [0.1, 0.15) is 16.5 Å². The third-order valence-corrected chi connectivity index (χ3v) is 3.54. The van der Waals surface area contributed by atoms with Crippen molar-refractivity contribution in [1.29, 1.82) is 0 Å². The van der Waals surface area contributed by atoms with E-state index in [4.69, 9.17) is 22.7 Å². The molecule has 0 aliphatic heterocycles. The smallest absolute Gasteiger partial charge is 0.140 e. The van der Waals surface area contributed by atoms with Gasteiger partial charge in [-0.05, 0) is 49.2 Å². The summed E-state index contributed by atoms with van der Waals surface area (Å²) in [5.41, 5.74) is 8.56. The lowest BCUT2D eigenvalue weighted by Gasteiger charge is -2.14. The molecule has 0 fully saturated rings. The van der Waals surface area contributed by atoms with Crippen LogP contribution in [0.5, 0.6) is 11.5 Å². The Balaban J connectivity index is 2.46. The highest BCUT2D eigenvalue weighted by molar-refractivity contribution is 9.10. The summed E-state index contributed by atoms with van der Waals surface area (Å²) >= 11 is 8.51. The minimum atomic E-state index is 0.341. The van der Waals surface area contributed by atoms with Gasteiger partial charge in [-0.1, -0.05) is 40.3 Å². The van der Waals surface area contributed by atoms with Crippen LogP contribution in [0, 0.1) is 13.8 Å². The van der Waals surface area contributed by atoms with Gasteiger partial charge in [0.25, 0.3) is 0 Å². The Labute approximate surface area is 126 Å². The van der Waals surface area contributed by atoms with Crippen LogP contribution in [-0.4, -0.2) is 4.99 Å². The average Bonchev–Trinajstić information content (AvgIpc) is 2.34. The van der Waals surface area contributed by atoms with Crippen LogP contribution in [0.4, 0.5) is 0 Å². The van der Waals surface area contributed by atoms with Gasteiger partial charge in [0, 0.05) is 4.47 Å². The van der Waals surface area contributed by atoms with Crippen molar-refractivity contribution in [1.82, 2.24) is 0 Å². The topological polar surface area (TPSA) is 35.2 Å². The van der Waals surface area contributed by atoms with Crippen molar-refractivity contribution in [2.75, 3.05) is 0 Å². The highest BCUT2D eigenvalue weighted by Crippen LogP contribution is 2.32. The standard InChI is InChI=1S/C15H14BrNOS/c1-9-4-3-5-12(15(17)19)14(9)18-13-7-6-11(16)8-10(13)2/h3-8H,1-2H3,(H2,17,19). The van der Waals surface area contributed by atoms with Gasteiger partial charge in [-0.15, -0.1) is 0 Å². The van der Waals surface area contributed by atoms with E-state index in [9.17, 15) is 0 Å². The number of halogens is 1. The fourth-order valence-corrected chi connectivity index (χ4v) is 2.46. The number of para-hydroxylation sites is 1. The molecular weight excluding hydrogens is 322 g/mol. The lowest BCUT2D eigenvalue weighted by molar-refractivity contribution is 0.474. The number of hydrogen-bond donors (Lipinski definition) is 1. The normalized spacial score (nSPS) is 10.3. The average molecular weight is 336 g/mol. The number of hydrogen-bond acceptors (Lipinski definition) is 2. The maximum absolute atomic E-state index is 6.00. The first-order valence-electron chi connectivity index (χ1n) is 5.82. The first kappa shape index (κ1) is 14.0. The molecule has 2 nitrogen and oxygen atoms in total. The fourth-order valence-electron chi connectivity index (χ4n) is 1.82. The lowest BCUT2D eigenvalue weighted by atomic mass is 10.1. The summed E-state index contributed by atoms with van der Waals surface area (Å²) in [6, 6.07) is 11.7. The van der Waals surface area contributed by atoms with Crippen LogP contribution in [0.15, 0.2) is 40.9 Å². The fraction of sp³-hybridized carbons (Fsp3) is 0.133. The molecule has 0 radical (unpaired) electrons. The highest BCUT2D eigenvalue weighted by atomic mass is 79.9. The van der Waals surface area contributed by atoms with E-state index in [-0.39, 0.29) is 0 Å². The van der Waals surface area contributed by atoms with Crippen molar-refractivity contribution >= 4 is 33.1 Å². The molecule has 0 bridgehead atoms. The molecule has 0 amide bonds. The number of nitrogens with two attached hydrogens (primary N) is 1. The molecule has 4 heteroatoms.